The Morgan fingerprint density at radius 1 is 1.42 bits per heavy atom. The molecular weight excluding hydrogens is 247 g/mol. The Kier molecular flexibility index (Phi) is 3.94. The van der Waals surface area contributed by atoms with E-state index in [0.717, 1.165) is 11.8 Å². The minimum absolute atomic E-state index is 0.197. The molecule has 0 bridgehead atoms. The van der Waals surface area contributed by atoms with Crippen LogP contribution in [0.25, 0.3) is 0 Å². The summed E-state index contributed by atoms with van der Waals surface area (Å²) in [5.74, 6) is -0.103. The van der Waals surface area contributed by atoms with Crippen LogP contribution >= 0.6 is 0 Å². The van der Waals surface area contributed by atoms with Gasteiger partial charge >= 0.3 is 0 Å². The van der Waals surface area contributed by atoms with Crippen LogP contribution in [-0.4, -0.2) is 16.1 Å². The number of aldehydes is 1. The Morgan fingerprint density at radius 2 is 2.21 bits per heavy atom. The fourth-order valence-corrected chi connectivity index (χ4v) is 1.64. The highest BCUT2D eigenvalue weighted by Crippen LogP contribution is 2.19. The van der Waals surface area contributed by atoms with Gasteiger partial charge in [-0.05, 0) is 38.1 Å². The van der Waals surface area contributed by atoms with E-state index in [-0.39, 0.29) is 18.2 Å². The third-order valence-electron chi connectivity index (χ3n) is 2.67. The van der Waals surface area contributed by atoms with E-state index in [9.17, 15) is 9.18 Å². The molecule has 0 atom stereocenters. The maximum atomic E-state index is 13.0. The van der Waals surface area contributed by atoms with Gasteiger partial charge in [-0.1, -0.05) is 0 Å². The van der Waals surface area contributed by atoms with Crippen LogP contribution < -0.4 is 4.74 Å². The van der Waals surface area contributed by atoms with Crippen molar-refractivity contribution in [1.29, 1.82) is 0 Å². The lowest BCUT2D eigenvalue weighted by atomic mass is 10.2. The molecule has 4 nitrogen and oxygen atoms in total. The molecule has 0 aliphatic heterocycles. The normalized spacial score (nSPS) is 10.7. The second kappa shape index (κ2) is 5.65. The molecule has 0 fully saturated rings. The van der Waals surface area contributed by atoms with E-state index in [1.54, 1.807) is 0 Å². The number of halogens is 1. The van der Waals surface area contributed by atoms with E-state index >= 15 is 0 Å². The van der Waals surface area contributed by atoms with Crippen molar-refractivity contribution >= 4 is 6.29 Å². The van der Waals surface area contributed by atoms with Crippen molar-refractivity contribution in [3.63, 3.8) is 0 Å². The van der Waals surface area contributed by atoms with Crippen LogP contribution in [0.4, 0.5) is 4.39 Å². The van der Waals surface area contributed by atoms with Gasteiger partial charge in [-0.15, -0.1) is 0 Å². The molecule has 1 aromatic heterocycles. The number of carbonyl (C=O) groups excluding carboxylic acids is 1. The fourth-order valence-electron chi connectivity index (χ4n) is 1.64. The molecule has 2 rings (SSSR count). The van der Waals surface area contributed by atoms with Gasteiger partial charge < -0.3 is 4.74 Å². The number of hydrogen-bond acceptors (Lipinski definition) is 3. The molecular formula is C14H15FN2O2. The van der Waals surface area contributed by atoms with E-state index in [0.29, 0.717) is 12.0 Å². The van der Waals surface area contributed by atoms with Gasteiger partial charge in [0.2, 0.25) is 0 Å². The average molecular weight is 262 g/mol. The lowest BCUT2D eigenvalue weighted by molar-refractivity contribution is 0.111. The van der Waals surface area contributed by atoms with E-state index in [2.05, 4.69) is 5.10 Å². The SMILES string of the molecule is CC(C)n1ccc(COc2ccc(F)cc2C=O)n1. The summed E-state index contributed by atoms with van der Waals surface area (Å²) < 4.78 is 20.3. The van der Waals surface area contributed by atoms with E-state index in [4.69, 9.17) is 4.74 Å². The predicted octanol–water partition coefficient (Wildman–Crippen LogP) is 2.99. The first-order valence-corrected chi connectivity index (χ1v) is 6.01. The number of carbonyl (C=O) groups is 1. The highest BCUT2D eigenvalue weighted by Gasteiger charge is 2.07. The van der Waals surface area contributed by atoms with Crippen LogP contribution in [0.3, 0.4) is 0 Å². The van der Waals surface area contributed by atoms with Crippen molar-refractivity contribution in [2.24, 2.45) is 0 Å². The van der Waals surface area contributed by atoms with Crippen molar-refractivity contribution in [2.75, 3.05) is 0 Å². The number of benzene rings is 1. The second-order valence-corrected chi connectivity index (χ2v) is 4.47. The molecule has 0 spiro atoms. The van der Waals surface area contributed by atoms with Crippen molar-refractivity contribution in [1.82, 2.24) is 9.78 Å². The summed E-state index contributed by atoms with van der Waals surface area (Å²) >= 11 is 0. The molecule has 0 unspecified atom stereocenters. The Bertz CT molecular complexity index is 579. The van der Waals surface area contributed by atoms with Gasteiger partial charge in [0.05, 0.1) is 11.3 Å². The maximum Gasteiger partial charge on any atom is 0.153 e. The van der Waals surface area contributed by atoms with Crippen LogP contribution in [0.2, 0.25) is 0 Å². The van der Waals surface area contributed by atoms with Crippen molar-refractivity contribution in [3.8, 4) is 5.75 Å². The quantitative estimate of drug-likeness (QED) is 0.778. The molecule has 5 heteroatoms. The lowest BCUT2D eigenvalue weighted by Crippen LogP contribution is -2.04. The standard InChI is InChI=1S/C14H15FN2O2/c1-10(2)17-6-5-13(16-17)9-19-14-4-3-12(15)7-11(14)8-18/h3-8,10H,9H2,1-2H3. The first-order chi connectivity index (χ1) is 9.10. The number of hydrogen-bond donors (Lipinski definition) is 0. The zero-order valence-electron chi connectivity index (χ0n) is 10.8. The average Bonchev–Trinajstić information content (AvgIpc) is 2.86. The van der Waals surface area contributed by atoms with Gasteiger partial charge in [0.15, 0.2) is 6.29 Å². The molecule has 1 aromatic carbocycles. The molecule has 0 saturated carbocycles. The summed E-state index contributed by atoms with van der Waals surface area (Å²) in [6, 6.07) is 5.98. The second-order valence-electron chi connectivity index (χ2n) is 4.47. The highest BCUT2D eigenvalue weighted by molar-refractivity contribution is 5.79. The van der Waals surface area contributed by atoms with Gasteiger partial charge in [-0.2, -0.15) is 5.10 Å². The van der Waals surface area contributed by atoms with Crippen LogP contribution in [0.1, 0.15) is 35.9 Å². The molecule has 0 N–H and O–H groups in total. The number of ether oxygens (including phenoxy) is 1. The molecule has 0 aliphatic rings. The van der Waals surface area contributed by atoms with Crippen molar-refractivity contribution in [2.45, 2.75) is 26.5 Å². The molecule has 0 amide bonds. The van der Waals surface area contributed by atoms with Crippen molar-refractivity contribution in [3.05, 3.63) is 47.5 Å². The fraction of sp³-hybridized carbons (Fsp3) is 0.286. The summed E-state index contributed by atoms with van der Waals surface area (Å²) in [4.78, 5) is 10.8. The van der Waals surface area contributed by atoms with Crippen molar-refractivity contribution < 1.29 is 13.9 Å². The molecule has 0 aliphatic carbocycles. The Morgan fingerprint density at radius 3 is 2.84 bits per heavy atom. The van der Waals surface area contributed by atoms with Gasteiger partial charge in [0.25, 0.3) is 0 Å². The van der Waals surface area contributed by atoms with Gasteiger partial charge in [0.1, 0.15) is 18.2 Å². The molecule has 1 heterocycles. The Balaban J connectivity index is 2.07. The van der Waals surface area contributed by atoms with Crippen LogP contribution in [0.5, 0.6) is 5.75 Å². The third-order valence-corrected chi connectivity index (χ3v) is 2.67. The van der Waals surface area contributed by atoms with E-state index < -0.39 is 5.82 Å². The first-order valence-electron chi connectivity index (χ1n) is 6.01. The number of nitrogens with zero attached hydrogens (tertiary/aromatic N) is 2. The molecule has 2 aromatic rings. The molecule has 100 valence electrons. The largest absolute Gasteiger partial charge is 0.486 e. The molecule has 19 heavy (non-hydrogen) atoms. The van der Waals surface area contributed by atoms with Gasteiger partial charge in [-0.25, -0.2) is 4.39 Å². The number of rotatable bonds is 5. The van der Waals surface area contributed by atoms with Crippen LogP contribution in [0, 0.1) is 5.82 Å². The smallest absolute Gasteiger partial charge is 0.153 e. The molecule has 0 saturated heterocycles. The zero-order chi connectivity index (χ0) is 13.8. The van der Waals surface area contributed by atoms with Gasteiger partial charge in [0, 0.05) is 12.2 Å². The molecule has 0 radical (unpaired) electrons. The predicted molar refractivity (Wildman–Crippen MR) is 68.7 cm³/mol. The lowest BCUT2D eigenvalue weighted by Gasteiger charge is -2.07. The summed E-state index contributed by atoms with van der Waals surface area (Å²) in [5, 5.41) is 4.33. The summed E-state index contributed by atoms with van der Waals surface area (Å²) in [5.41, 5.74) is 0.957. The maximum absolute atomic E-state index is 13.0. The van der Waals surface area contributed by atoms with Crippen LogP contribution in [0.15, 0.2) is 30.5 Å². The van der Waals surface area contributed by atoms with E-state index in [1.807, 2.05) is 30.8 Å². The zero-order valence-corrected chi connectivity index (χ0v) is 10.8. The minimum atomic E-state index is -0.460. The Labute approximate surface area is 110 Å². The van der Waals surface area contributed by atoms with Crippen LogP contribution in [-0.2, 0) is 6.61 Å². The third kappa shape index (κ3) is 3.19. The first kappa shape index (κ1) is 13.3. The monoisotopic (exact) mass is 262 g/mol. The highest BCUT2D eigenvalue weighted by atomic mass is 19.1. The topological polar surface area (TPSA) is 44.1 Å². The van der Waals surface area contributed by atoms with Gasteiger partial charge in [-0.3, -0.25) is 9.48 Å². The number of aromatic nitrogens is 2. The summed E-state index contributed by atoms with van der Waals surface area (Å²) in [6.45, 7) is 4.30. The minimum Gasteiger partial charge on any atom is -0.486 e. The summed E-state index contributed by atoms with van der Waals surface area (Å²) in [6.07, 6.45) is 2.44. The Hall–Kier alpha value is -2.17. The van der Waals surface area contributed by atoms with E-state index in [1.165, 1.54) is 12.1 Å². The summed E-state index contributed by atoms with van der Waals surface area (Å²) in [7, 11) is 0.